The quantitative estimate of drug-likeness (QED) is 0.766. The maximum Gasteiger partial charge on any atom is 0.240 e. The van der Waals surface area contributed by atoms with E-state index in [9.17, 15) is 13.2 Å². The van der Waals surface area contributed by atoms with Gasteiger partial charge in [-0.3, -0.25) is 4.79 Å². The van der Waals surface area contributed by atoms with Crippen molar-refractivity contribution in [3.63, 3.8) is 0 Å². The Balaban J connectivity index is 2.19. The minimum atomic E-state index is -3.59. The van der Waals surface area contributed by atoms with E-state index in [-0.39, 0.29) is 10.8 Å². The third kappa shape index (κ3) is 3.41. The summed E-state index contributed by atoms with van der Waals surface area (Å²) in [5.41, 5.74) is 0.780. The van der Waals surface area contributed by atoms with Gasteiger partial charge in [-0.05, 0) is 51.0 Å². The predicted molar refractivity (Wildman–Crippen MR) is 89.2 cm³/mol. The van der Waals surface area contributed by atoms with Gasteiger partial charge in [0.2, 0.25) is 15.9 Å². The van der Waals surface area contributed by atoms with Crippen LogP contribution in [0.1, 0.15) is 32.8 Å². The number of likely N-dealkylation sites (N-methyl/N-ethyl adjacent to an activating group) is 1. The van der Waals surface area contributed by atoms with Gasteiger partial charge < -0.3 is 9.64 Å². The number of sulfonamides is 1. The van der Waals surface area contributed by atoms with Crippen molar-refractivity contribution in [2.45, 2.75) is 37.5 Å². The van der Waals surface area contributed by atoms with Crippen molar-refractivity contribution in [3.8, 4) is 0 Å². The average Bonchev–Trinajstić information content (AvgIpc) is 2.68. The van der Waals surface area contributed by atoms with Gasteiger partial charge in [-0.1, -0.05) is 0 Å². The number of carbonyl (C=O) groups excluding carboxylic acids is 1. The molecule has 0 atom stereocenters. The highest BCUT2D eigenvalue weighted by Gasteiger charge is 2.42. The molecule has 2 rings (SSSR count). The van der Waals surface area contributed by atoms with E-state index in [0.29, 0.717) is 26.2 Å². The van der Waals surface area contributed by atoms with Crippen LogP contribution in [0, 0.1) is 0 Å². The number of carbonyl (C=O) groups is 1. The summed E-state index contributed by atoms with van der Waals surface area (Å²) in [6.45, 7) is 6.98. The lowest BCUT2D eigenvalue weighted by Gasteiger charge is -2.16. The van der Waals surface area contributed by atoms with Gasteiger partial charge in [0, 0.05) is 32.5 Å². The minimum Gasteiger partial charge on any atom is -0.382 e. The van der Waals surface area contributed by atoms with Crippen molar-refractivity contribution >= 4 is 21.6 Å². The first-order valence-electron chi connectivity index (χ1n) is 7.72. The number of amides is 1. The molecule has 1 aliphatic rings. The number of hydrogen-bond donors (Lipinski definition) is 1. The summed E-state index contributed by atoms with van der Waals surface area (Å²) in [7, 11) is -1.89. The number of hydrogen-bond acceptors (Lipinski definition) is 4. The van der Waals surface area contributed by atoms with E-state index in [1.54, 1.807) is 24.1 Å². The maximum absolute atomic E-state index is 12.4. The number of nitrogens with zero attached hydrogens (tertiary/aromatic N) is 1. The summed E-state index contributed by atoms with van der Waals surface area (Å²) in [6, 6.07) is 4.83. The molecule has 0 fully saturated rings. The zero-order valence-electron chi connectivity index (χ0n) is 14.0. The molecule has 7 heteroatoms. The van der Waals surface area contributed by atoms with E-state index in [2.05, 4.69) is 4.72 Å². The van der Waals surface area contributed by atoms with E-state index >= 15 is 0 Å². The molecule has 1 amide bonds. The first kappa shape index (κ1) is 17.9. The average molecular weight is 340 g/mol. The topological polar surface area (TPSA) is 75.7 Å². The molecule has 0 saturated heterocycles. The van der Waals surface area contributed by atoms with Gasteiger partial charge in [-0.15, -0.1) is 0 Å². The summed E-state index contributed by atoms with van der Waals surface area (Å²) in [4.78, 5) is 14.0. The van der Waals surface area contributed by atoms with E-state index in [1.807, 2.05) is 20.8 Å². The van der Waals surface area contributed by atoms with Crippen LogP contribution in [0.5, 0.6) is 0 Å². The Kier molecular flexibility index (Phi) is 5.13. The monoisotopic (exact) mass is 340 g/mol. The molecule has 1 aliphatic heterocycles. The highest BCUT2D eigenvalue weighted by molar-refractivity contribution is 7.89. The number of rotatable bonds is 7. The van der Waals surface area contributed by atoms with Gasteiger partial charge in [-0.25, -0.2) is 13.1 Å². The van der Waals surface area contributed by atoms with Crippen LogP contribution >= 0.6 is 0 Å². The van der Waals surface area contributed by atoms with Crippen molar-refractivity contribution in [1.82, 2.24) is 4.72 Å². The molecular formula is C16H24N2O4S. The molecular weight excluding hydrogens is 316 g/mol. The van der Waals surface area contributed by atoms with Gasteiger partial charge in [0.1, 0.15) is 0 Å². The summed E-state index contributed by atoms with van der Waals surface area (Å²) in [5.74, 6) is -0.0354. The third-order valence-corrected chi connectivity index (χ3v) is 5.57. The Morgan fingerprint density at radius 1 is 1.30 bits per heavy atom. The van der Waals surface area contributed by atoms with Crippen LogP contribution in [0.3, 0.4) is 0 Å². The summed E-state index contributed by atoms with van der Waals surface area (Å²) >= 11 is 0. The summed E-state index contributed by atoms with van der Waals surface area (Å²) < 4.78 is 32.5. The first-order valence-corrected chi connectivity index (χ1v) is 9.20. The molecule has 0 saturated carbocycles. The zero-order valence-corrected chi connectivity index (χ0v) is 14.9. The molecule has 0 aromatic heterocycles. The van der Waals surface area contributed by atoms with Crippen LogP contribution in [0.2, 0.25) is 0 Å². The fraction of sp³-hybridized carbons (Fsp3) is 0.562. The van der Waals surface area contributed by atoms with Crippen molar-refractivity contribution in [2.24, 2.45) is 0 Å². The molecule has 0 radical (unpaired) electrons. The van der Waals surface area contributed by atoms with E-state index in [0.717, 1.165) is 11.3 Å². The normalized spacial score (nSPS) is 16.7. The molecule has 1 aromatic rings. The van der Waals surface area contributed by atoms with Crippen LogP contribution in [-0.4, -0.2) is 41.1 Å². The van der Waals surface area contributed by atoms with Crippen molar-refractivity contribution in [2.75, 3.05) is 31.7 Å². The number of ether oxygens (including phenoxy) is 1. The fourth-order valence-corrected chi connectivity index (χ4v) is 3.83. The molecule has 23 heavy (non-hydrogen) atoms. The second-order valence-corrected chi connectivity index (χ2v) is 7.88. The lowest BCUT2D eigenvalue weighted by molar-refractivity contribution is -0.121. The smallest absolute Gasteiger partial charge is 0.240 e. The summed E-state index contributed by atoms with van der Waals surface area (Å²) in [6.07, 6.45) is 0.616. The number of anilines is 1. The van der Waals surface area contributed by atoms with Crippen molar-refractivity contribution in [1.29, 1.82) is 0 Å². The molecule has 0 spiro atoms. The highest BCUT2D eigenvalue weighted by atomic mass is 32.2. The molecule has 0 unspecified atom stereocenters. The van der Waals surface area contributed by atoms with Crippen LogP contribution in [-0.2, 0) is 25.0 Å². The first-order chi connectivity index (χ1) is 10.7. The second kappa shape index (κ2) is 6.59. The van der Waals surface area contributed by atoms with Gasteiger partial charge in [0.25, 0.3) is 0 Å². The molecule has 1 aromatic carbocycles. The molecule has 1 heterocycles. The second-order valence-electron chi connectivity index (χ2n) is 6.12. The van der Waals surface area contributed by atoms with Gasteiger partial charge in [-0.2, -0.15) is 0 Å². The maximum atomic E-state index is 12.4. The van der Waals surface area contributed by atoms with Crippen LogP contribution in [0.25, 0.3) is 0 Å². The largest absolute Gasteiger partial charge is 0.382 e. The Morgan fingerprint density at radius 3 is 2.65 bits per heavy atom. The lowest BCUT2D eigenvalue weighted by Crippen LogP contribution is -2.33. The van der Waals surface area contributed by atoms with Gasteiger partial charge >= 0.3 is 0 Å². The number of fused-ring (bicyclic) bond motifs is 1. The Bertz CT molecular complexity index is 698. The van der Waals surface area contributed by atoms with E-state index in [1.165, 1.54) is 6.07 Å². The van der Waals surface area contributed by atoms with Crippen LogP contribution in [0.4, 0.5) is 5.69 Å². The van der Waals surface area contributed by atoms with Crippen molar-refractivity contribution in [3.05, 3.63) is 23.8 Å². The molecule has 1 N–H and O–H groups in total. The number of nitrogens with one attached hydrogen (secondary N) is 1. The predicted octanol–water partition coefficient (Wildman–Crippen LogP) is 1.65. The fourth-order valence-electron chi connectivity index (χ4n) is 2.73. The van der Waals surface area contributed by atoms with Crippen molar-refractivity contribution < 1.29 is 17.9 Å². The molecule has 128 valence electrons. The Labute approximate surface area is 137 Å². The highest BCUT2D eigenvalue weighted by Crippen LogP contribution is 2.41. The molecule has 0 aliphatic carbocycles. The standard InChI is InChI=1S/C16H24N2O4S/c1-5-22-10-6-9-17-23(20,21)12-7-8-14-13(11-12)16(2,3)15(19)18(14)4/h7-8,11,17H,5-6,9-10H2,1-4H3. The minimum absolute atomic E-state index is 0.0354. The van der Waals surface area contributed by atoms with Crippen LogP contribution < -0.4 is 9.62 Å². The van der Waals surface area contributed by atoms with Gasteiger partial charge in [0.15, 0.2) is 0 Å². The Morgan fingerprint density at radius 2 is 2.00 bits per heavy atom. The van der Waals surface area contributed by atoms with E-state index < -0.39 is 15.4 Å². The summed E-state index contributed by atoms with van der Waals surface area (Å²) in [5, 5.41) is 0. The van der Waals surface area contributed by atoms with E-state index in [4.69, 9.17) is 4.74 Å². The zero-order chi connectivity index (χ0) is 17.3. The number of benzene rings is 1. The molecule has 6 nitrogen and oxygen atoms in total. The van der Waals surface area contributed by atoms with Crippen LogP contribution in [0.15, 0.2) is 23.1 Å². The van der Waals surface area contributed by atoms with Gasteiger partial charge in [0.05, 0.1) is 10.3 Å². The SMILES string of the molecule is CCOCCCNS(=O)(=O)c1ccc2c(c1)C(C)(C)C(=O)N2C. The lowest BCUT2D eigenvalue weighted by atomic mass is 9.86. The molecule has 0 bridgehead atoms. The Hall–Kier alpha value is -1.44. The third-order valence-electron chi connectivity index (χ3n) is 4.11.